The van der Waals surface area contributed by atoms with Crippen LogP contribution in [0.3, 0.4) is 0 Å². The standard InChI is InChI=1S/C19H22N2OS/c1-5-15(4)21-17(18-7-6-8-22-18)12-23-19(21)20-16-10-13(2)9-14(3)11-16/h6-12,15H,5H2,1-4H3. The van der Waals surface area contributed by atoms with Crippen molar-refractivity contribution in [2.75, 3.05) is 0 Å². The van der Waals surface area contributed by atoms with Crippen LogP contribution in [-0.4, -0.2) is 4.57 Å². The second-order valence-electron chi connectivity index (χ2n) is 5.97. The zero-order valence-electron chi connectivity index (χ0n) is 14.0. The molecule has 120 valence electrons. The predicted molar refractivity (Wildman–Crippen MR) is 96.2 cm³/mol. The number of hydrogen-bond acceptors (Lipinski definition) is 3. The van der Waals surface area contributed by atoms with Gasteiger partial charge in [0.1, 0.15) is 0 Å². The zero-order chi connectivity index (χ0) is 16.4. The van der Waals surface area contributed by atoms with Crippen LogP contribution < -0.4 is 4.80 Å². The maximum Gasteiger partial charge on any atom is 0.190 e. The molecule has 0 radical (unpaired) electrons. The Morgan fingerprint density at radius 3 is 2.57 bits per heavy atom. The number of benzene rings is 1. The van der Waals surface area contributed by atoms with Crippen molar-refractivity contribution in [3.63, 3.8) is 0 Å². The predicted octanol–water partition coefficient (Wildman–Crippen LogP) is 5.63. The van der Waals surface area contributed by atoms with E-state index in [1.54, 1.807) is 17.6 Å². The van der Waals surface area contributed by atoms with Gasteiger partial charge in [-0.3, -0.25) is 0 Å². The average molecular weight is 326 g/mol. The third-order valence-electron chi connectivity index (χ3n) is 3.98. The summed E-state index contributed by atoms with van der Waals surface area (Å²) in [6, 6.07) is 10.7. The summed E-state index contributed by atoms with van der Waals surface area (Å²) in [5.41, 5.74) is 4.58. The lowest BCUT2D eigenvalue weighted by atomic mass is 10.1. The van der Waals surface area contributed by atoms with Gasteiger partial charge >= 0.3 is 0 Å². The maximum absolute atomic E-state index is 5.60. The number of aromatic nitrogens is 1. The van der Waals surface area contributed by atoms with Crippen molar-refractivity contribution >= 4 is 17.0 Å². The summed E-state index contributed by atoms with van der Waals surface area (Å²) in [7, 11) is 0. The molecular formula is C19H22N2OS. The van der Waals surface area contributed by atoms with E-state index in [2.05, 4.69) is 55.8 Å². The summed E-state index contributed by atoms with van der Waals surface area (Å²) >= 11 is 1.66. The van der Waals surface area contributed by atoms with Crippen molar-refractivity contribution < 1.29 is 4.42 Å². The summed E-state index contributed by atoms with van der Waals surface area (Å²) in [5.74, 6) is 0.892. The Labute approximate surface area is 140 Å². The van der Waals surface area contributed by atoms with Crippen LogP contribution in [0.5, 0.6) is 0 Å². The van der Waals surface area contributed by atoms with Crippen LogP contribution in [0.4, 0.5) is 5.69 Å². The fourth-order valence-corrected chi connectivity index (χ4v) is 3.74. The van der Waals surface area contributed by atoms with Gasteiger partial charge in [0, 0.05) is 11.4 Å². The highest BCUT2D eigenvalue weighted by Gasteiger charge is 2.14. The fourth-order valence-electron chi connectivity index (χ4n) is 2.74. The molecule has 0 aliphatic carbocycles. The third kappa shape index (κ3) is 3.32. The highest BCUT2D eigenvalue weighted by Crippen LogP contribution is 2.25. The number of rotatable bonds is 4. The molecule has 2 aromatic heterocycles. The Balaban J connectivity index is 2.17. The van der Waals surface area contributed by atoms with Crippen molar-refractivity contribution in [1.82, 2.24) is 4.57 Å². The lowest BCUT2D eigenvalue weighted by molar-refractivity contribution is 0.509. The minimum absolute atomic E-state index is 0.367. The van der Waals surface area contributed by atoms with Crippen LogP contribution >= 0.6 is 11.3 Å². The summed E-state index contributed by atoms with van der Waals surface area (Å²) in [6.07, 6.45) is 2.76. The molecular weight excluding hydrogens is 304 g/mol. The maximum atomic E-state index is 5.60. The molecule has 3 aromatic rings. The van der Waals surface area contributed by atoms with E-state index in [-0.39, 0.29) is 0 Å². The first-order chi connectivity index (χ1) is 11.1. The van der Waals surface area contributed by atoms with Crippen LogP contribution in [-0.2, 0) is 0 Å². The minimum atomic E-state index is 0.367. The van der Waals surface area contributed by atoms with Gasteiger partial charge in [-0.05, 0) is 62.6 Å². The third-order valence-corrected chi connectivity index (χ3v) is 4.82. The highest BCUT2D eigenvalue weighted by molar-refractivity contribution is 7.07. The van der Waals surface area contributed by atoms with E-state index in [9.17, 15) is 0 Å². The van der Waals surface area contributed by atoms with E-state index in [1.807, 2.05) is 12.1 Å². The lowest BCUT2D eigenvalue weighted by Gasteiger charge is -2.14. The van der Waals surface area contributed by atoms with Crippen LogP contribution in [0, 0.1) is 13.8 Å². The van der Waals surface area contributed by atoms with Crippen LogP contribution in [0.25, 0.3) is 11.5 Å². The molecule has 23 heavy (non-hydrogen) atoms. The SMILES string of the molecule is CCC(C)n1c(-c2ccco2)csc1=Nc1cc(C)cc(C)c1. The largest absolute Gasteiger partial charge is 0.463 e. The van der Waals surface area contributed by atoms with Crippen LogP contribution in [0.1, 0.15) is 37.4 Å². The molecule has 0 spiro atoms. The fraction of sp³-hybridized carbons (Fsp3) is 0.316. The van der Waals surface area contributed by atoms with Gasteiger partial charge in [0.2, 0.25) is 0 Å². The molecule has 3 nitrogen and oxygen atoms in total. The number of hydrogen-bond donors (Lipinski definition) is 0. The first-order valence-electron chi connectivity index (χ1n) is 7.95. The normalized spacial score (nSPS) is 13.5. The van der Waals surface area contributed by atoms with E-state index < -0.39 is 0 Å². The van der Waals surface area contributed by atoms with Gasteiger partial charge in [-0.1, -0.05) is 13.0 Å². The number of furan rings is 1. The Morgan fingerprint density at radius 1 is 1.22 bits per heavy atom. The molecule has 0 fully saturated rings. The van der Waals surface area contributed by atoms with Gasteiger partial charge in [-0.25, -0.2) is 4.99 Å². The van der Waals surface area contributed by atoms with Crippen molar-refractivity contribution in [2.24, 2.45) is 4.99 Å². The van der Waals surface area contributed by atoms with E-state index >= 15 is 0 Å². The Bertz CT molecular complexity index is 836. The van der Waals surface area contributed by atoms with Crippen molar-refractivity contribution in [3.05, 3.63) is 57.9 Å². The first kappa shape index (κ1) is 15.8. The number of aryl methyl sites for hydroxylation is 2. The molecule has 1 unspecified atom stereocenters. The number of nitrogens with zero attached hydrogens (tertiary/aromatic N) is 2. The molecule has 0 N–H and O–H groups in total. The molecule has 3 rings (SSSR count). The molecule has 1 aromatic carbocycles. The molecule has 0 bridgehead atoms. The summed E-state index contributed by atoms with van der Waals surface area (Å²) < 4.78 is 7.88. The molecule has 4 heteroatoms. The number of thiazole rings is 1. The van der Waals surface area contributed by atoms with Crippen LogP contribution in [0.2, 0.25) is 0 Å². The van der Waals surface area contributed by atoms with E-state index in [0.29, 0.717) is 6.04 Å². The smallest absolute Gasteiger partial charge is 0.190 e. The molecule has 0 amide bonds. The van der Waals surface area contributed by atoms with Gasteiger partial charge in [0.25, 0.3) is 0 Å². The molecule has 1 atom stereocenters. The van der Waals surface area contributed by atoms with Crippen molar-refractivity contribution in [2.45, 2.75) is 40.2 Å². The van der Waals surface area contributed by atoms with Crippen molar-refractivity contribution in [3.8, 4) is 11.5 Å². The second-order valence-corrected chi connectivity index (χ2v) is 6.80. The summed E-state index contributed by atoms with van der Waals surface area (Å²) in [6.45, 7) is 8.64. The monoisotopic (exact) mass is 326 g/mol. The van der Waals surface area contributed by atoms with Gasteiger partial charge < -0.3 is 8.98 Å². The van der Waals surface area contributed by atoms with Gasteiger partial charge in [0.05, 0.1) is 17.6 Å². The lowest BCUT2D eigenvalue weighted by Crippen LogP contribution is -2.19. The van der Waals surface area contributed by atoms with E-state index in [1.165, 1.54) is 11.1 Å². The average Bonchev–Trinajstić information content (AvgIpc) is 3.14. The molecule has 2 heterocycles. The first-order valence-corrected chi connectivity index (χ1v) is 8.83. The molecule has 0 saturated heterocycles. The molecule has 0 saturated carbocycles. The van der Waals surface area contributed by atoms with Gasteiger partial charge in [0.15, 0.2) is 10.6 Å². The topological polar surface area (TPSA) is 30.4 Å². The van der Waals surface area contributed by atoms with E-state index in [4.69, 9.17) is 9.41 Å². The highest BCUT2D eigenvalue weighted by atomic mass is 32.1. The Kier molecular flexibility index (Phi) is 4.53. The van der Waals surface area contributed by atoms with Crippen molar-refractivity contribution in [1.29, 1.82) is 0 Å². The minimum Gasteiger partial charge on any atom is -0.463 e. The Hall–Kier alpha value is -2.07. The quantitative estimate of drug-likeness (QED) is 0.611. The zero-order valence-corrected chi connectivity index (χ0v) is 14.9. The molecule has 0 aliphatic heterocycles. The van der Waals surface area contributed by atoms with Gasteiger partial charge in [-0.2, -0.15) is 0 Å². The van der Waals surface area contributed by atoms with E-state index in [0.717, 1.165) is 28.4 Å². The Morgan fingerprint density at radius 2 is 1.96 bits per heavy atom. The summed E-state index contributed by atoms with van der Waals surface area (Å²) in [4.78, 5) is 5.91. The van der Waals surface area contributed by atoms with Gasteiger partial charge in [-0.15, -0.1) is 11.3 Å². The second kappa shape index (κ2) is 6.59. The molecule has 0 aliphatic rings. The summed E-state index contributed by atoms with van der Waals surface area (Å²) in [5, 5.41) is 2.13. The van der Waals surface area contributed by atoms with Crippen LogP contribution in [0.15, 0.2) is 51.4 Å².